The van der Waals surface area contributed by atoms with Crippen LogP contribution in [0.3, 0.4) is 0 Å². The summed E-state index contributed by atoms with van der Waals surface area (Å²) in [4.78, 5) is 68.3. The standard InChI is InChI=1S/C51H59ClN7O6P/c1-65-45-32-39(19-18-36(45)31-47-53-33-42(52)43(54-47)30-37-13-9-10-16-46(37)66(2,3)64)56-24-22-38(23-25-56)57-26-28-58(29-27-57)49(61)17-8-6-4-5-7-12-35-14-11-15-40-41(35)34-59(51(40)63)44-20-21-48(60)55-50(44)62/h9-11,13-16,18-19,32-33,38,44H,4-6,8,17,20-31,34H2,1-3H3,(H,55,60,62). The van der Waals surface area contributed by atoms with Gasteiger partial charge in [0.1, 0.15) is 24.8 Å². The highest BCUT2D eigenvalue weighted by Gasteiger charge is 2.40. The molecule has 4 aromatic rings. The second-order valence-electron chi connectivity index (χ2n) is 18.1. The summed E-state index contributed by atoms with van der Waals surface area (Å²) in [5.41, 5.74) is 5.98. The highest BCUT2D eigenvalue weighted by molar-refractivity contribution is 7.70. The van der Waals surface area contributed by atoms with E-state index in [1.807, 2.05) is 41.3 Å². The van der Waals surface area contributed by atoms with Crippen molar-refractivity contribution in [1.29, 1.82) is 0 Å². The van der Waals surface area contributed by atoms with Gasteiger partial charge in [0.15, 0.2) is 0 Å². The van der Waals surface area contributed by atoms with Gasteiger partial charge in [-0.1, -0.05) is 66.3 Å². The number of nitrogens with one attached hydrogen (secondary N) is 1. The van der Waals surface area contributed by atoms with Crippen molar-refractivity contribution in [2.75, 3.05) is 64.6 Å². The third-order valence-corrected chi connectivity index (χ3v) is 15.3. The Morgan fingerprint density at radius 1 is 0.909 bits per heavy atom. The number of ether oxygens (including phenoxy) is 1. The van der Waals surface area contributed by atoms with Gasteiger partial charge in [0.05, 0.1) is 17.8 Å². The molecule has 8 rings (SSSR count). The lowest BCUT2D eigenvalue weighted by Crippen LogP contribution is -2.54. The number of benzene rings is 3. The van der Waals surface area contributed by atoms with E-state index in [4.69, 9.17) is 21.3 Å². The molecule has 3 aromatic carbocycles. The number of rotatable bonds is 14. The molecular weight excluding hydrogens is 873 g/mol. The fourth-order valence-corrected chi connectivity index (χ4v) is 11.2. The summed E-state index contributed by atoms with van der Waals surface area (Å²) >= 11 is 6.57. The molecule has 0 bridgehead atoms. The lowest BCUT2D eigenvalue weighted by atomic mass is 10.0. The molecule has 0 radical (unpaired) electrons. The molecule has 1 atom stereocenters. The monoisotopic (exact) mass is 931 g/mol. The third-order valence-electron chi connectivity index (χ3n) is 13.4. The van der Waals surface area contributed by atoms with Gasteiger partial charge >= 0.3 is 0 Å². The van der Waals surface area contributed by atoms with Crippen LogP contribution in [0.4, 0.5) is 5.69 Å². The zero-order valence-corrected chi connectivity index (χ0v) is 39.8. The Labute approximate surface area is 393 Å². The number of piperidine rings is 2. The number of anilines is 1. The normalized spacial score (nSPS) is 18.2. The summed E-state index contributed by atoms with van der Waals surface area (Å²) in [5, 5.41) is 3.68. The highest BCUT2D eigenvalue weighted by atomic mass is 35.5. The number of halogens is 1. The first-order valence-electron chi connectivity index (χ1n) is 23.2. The minimum atomic E-state index is -2.48. The molecule has 0 saturated carbocycles. The molecule has 4 amide bonds. The maximum Gasteiger partial charge on any atom is 0.255 e. The van der Waals surface area contributed by atoms with Crippen LogP contribution in [-0.2, 0) is 38.3 Å². The number of hydrogen-bond donors (Lipinski definition) is 1. The van der Waals surface area contributed by atoms with Crippen molar-refractivity contribution >= 4 is 53.4 Å². The molecule has 15 heteroatoms. The van der Waals surface area contributed by atoms with Crippen LogP contribution in [0.2, 0.25) is 5.02 Å². The van der Waals surface area contributed by atoms with Crippen molar-refractivity contribution in [3.05, 3.63) is 111 Å². The molecule has 0 aliphatic carbocycles. The van der Waals surface area contributed by atoms with Crippen LogP contribution in [-0.4, -0.2) is 120 Å². The largest absolute Gasteiger partial charge is 0.496 e. The number of unbranched alkanes of at least 4 members (excludes halogenated alkanes) is 3. The van der Waals surface area contributed by atoms with Gasteiger partial charge in [-0.15, -0.1) is 0 Å². The van der Waals surface area contributed by atoms with E-state index in [1.165, 1.54) is 0 Å². The molecule has 1 unspecified atom stereocenters. The third kappa shape index (κ3) is 11.0. The molecule has 1 N–H and O–H groups in total. The van der Waals surface area contributed by atoms with Crippen LogP contribution >= 0.6 is 18.7 Å². The summed E-state index contributed by atoms with van der Waals surface area (Å²) in [6.07, 6.45) is 9.16. The Bertz CT molecular complexity index is 2590. The molecule has 4 aliphatic heterocycles. The molecule has 5 heterocycles. The van der Waals surface area contributed by atoms with Crippen LogP contribution in [0, 0.1) is 11.8 Å². The molecule has 3 fully saturated rings. The lowest BCUT2D eigenvalue weighted by Gasteiger charge is -2.43. The topological polar surface area (TPSA) is 145 Å². The van der Waals surface area contributed by atoms with Gasteiger partial charge < -0.3 is 24.0 Å². The van der Waals surface area contributed by atoms with E-state index in [0.29, 0.717) is 66.8 Å². The first-order valence-corrected chi connectivity index (χ1v) is 26.2. The SMILES string of the molecule is COc1cc(N2CCC(N3CCN(C(=O)CCCCCC#Cc4cccc5c4CN(C4CCC(=O)NC4=O)C5=O)CC3)CC2)ccc1Cc1ncc(Cl)c(Cc2ccccc2P(C)(C)=O)n1. The van der Waals surface area contributed by atoms with Crippen LogP contribution in [0.1, 0.15) is 102 Å². The Balaban J connectivity index is 0.746. The van der Waals surface area contributed by atoms with Crippen LogP contribution < -0.4 is 20.3 Å². The molecule has 66 heavy (non-hydrogen) atoms. The minimum Gasteiger partial charge on any atom is -0.496 e. The Morgan fingerprint density at radius 3 is 2.45 bits per heavy atom. The number of amides is 4. The van der Waals surface area contributed by atoms with Crippen molar-refractivity contribution in [3.8, 4) is 17.6 Å². The molecule has 346 valence electrons. The minimum absolute atomic E-state index is 0.197. The van der Waals surface area contributed by atoms with Gasteiger partial charge in [-0.25, -0.2) is 9.97 Å². The van der Waals surface area contributed by atoms with Crippen molar-refractivity contribution in [2.24, 2.45) is 0 Å². The number of carbonyl (C=O) groups is 4. The van der Waals surface area contributed by atoms with E-state index in [1.54, 1.807) is 37.6 Å². The summed E-state index contributed by atoms with van der Waals surface area (Å²) in [5.74, 6) is 7.25. The van der Waals surface area contributed by atoms with E-state index in [2.05, 4.69) is 50.1 Å². The predicted molar refractivity (Wildman–Crippen MR) is 257 cm³/mol. The number of imide groups is 1. The van der Waals surface area contributed by atoms with Crippen LogP contribution in [0.5, 0.6) is 5.75 Å². The number of nitrogens with zero attached hydrogens (tertiary/aromatic N) is 6. The fourth-order valence-electron chi connectivity index (χ4n) is 9.78. The van der Waals surface area contributed by atoms with Gasteiger partial charge in [0, 0.05) is 124 Å². The van der Waals surface area contributed by atoms with E-state index >= 15 is 0 Å². The Kier molecular flexibility index (Phi) is 14.9. The molecular formula is C51H59ClN7O6P. The van der Waals surface area contributed by atoms with Crippen molar-refractivity contribution in [3.63, 3.8) is 0 Å². The molecule has 3 saturated heterocycles. The number of piperazine rings is 1. The van der Waals surface area contributed by atoms with Gasteiger partial charge in [0.25, 0.3) is 5.91 Å². The Hall–Kier alpha value is -5.54. The zero-order chi connectivity index (χ0) is 46.4. The van der Waals surface area contributed by atoms with Gasteiger partial charge in [-0.05, 0) is 74.8 Å². The number of methoxy groups -OCH3 is 1. The van der Waals surface area contributed by atoms with E-state index in [-0.39, 0.29) is 24.1 Å². The number of hydrogen-bond acceptors (Lipinski definition) is 10. The quantitative estimate of drug-likeness (QED) is 0.0649. The second kappa shape index (κ2) is 21.0. The average molecular weight is 933 g/mol. The van der Waals surface area contributed by atoms with E-state index in [0.717, 1.165) is 110 Å². The smallest absolute Gasteiger partial charge is 0.255 e. The number of carbonyl (C=O) groups excluding carboxylic acids is 4. The first kappa shape index (κ1) is 47.0. The van der Waals surface area contributed by atoms with Crippen molar-refractivity contribution < 1.29 is 28.5 Å². The summed E-state index contributed by atoms with van der Waals surface area (Å²) in [6, 6.07) is 19.5. The van der Waals surface area contributed by atoms with E-state index in [9.17, 15) is 23.7 Å². The lowest BCUT2D eigenvalue weighted by molar-refractivity contribution is -0.137. The van der Waals surface area contributed by atoms with Crippen LogP contribution in [0.25, 0.3) is 0 Å². The molecule has 1 aromatic heterocycles. The van der Waals surface area contributed by atoms with Gasteiger partial charge in [-0.3, -0.25) is 29.4 Å². The maximum atomic E-state index is 13.2. The van der Waals surface area contributed by atoms with Gasteiger partial charge in [0.2, 0.25) is 17.7 Å². The molecule has 0 spiro atoms. The molecule has 4 aliphatic rings. The van der Waals surface area contributed by atoms with E-state index < -0.39 is 19.1 Å². The van der Waals surface area contributed by atoms with Gasteiger partial charge in [-0.2, -0.15) is 0 Å². The highest BCUT2D eigenvalue weighted by Crippen LogP contribution is 2.37. The number of aromatic nitrogens is 2. The van der Waals surface area contributed by atoms with Crippen molar-refractivity contribution in [1.82, 2.24) is 30.0 Å². The van der Waals surface area contributed by atoms with Crippen molar-refractivity contribution in [2.45, 2.75) is 89.3 Å². The zero-order valence-electron chi connectivity index (χ0n) is 38.2. The fraction of sp³-hybridized carbons (Fsp3) is 0.451. The summed E-state index contributed by atoms with van der Waals surface area (Å²) in [6.45, 7) is 9.08. The Morgan fingerprint density at radius 2 is 1.70 bits per heavy atom. The molecule has 13 nitrogen and oxygen atoms in total. The summed E-state index contributed by atoms with van der Waals surface area (Å²) < 4.78 is 18.9. The van der Waals surface area contributed by atoms with Crippen LogP contribution in [0.15, 0.2) is 66.9 Å². The maximum absolute atomic E-state index is 13.2. The second-order valence-corrected chi connectivity index (χ2v) is 21.7. The number of fused-ring (bicyclic) bond motifs is 1. The average Bonchev–Trinajstić information content (AvgIpc) is 3.65. The summed E-state index contributed by atoms with van der Waals surface area (Å²) in [7, 11) is -0.782. The first-order chi connectivity index (χ1) is 31.9. The predicted octanol–water partition coefficient (Wildman–Crippen LogP) is 6.44.